The van der Waals surface area contributed by atoms with Crippen LogP contribution in [0.25, 0.3) is 0 Å². The summed E-state index contributed by atoms with van der Waals surface area (Å²) in [5.41, 5.74) is 6.02. The van der Waals surface area contributed by atoms with Crippen LogP contribution in [0.4, 0.5) is 0 Å². The summed E-state index contributed by atoms with van der Waals surface area (Å²) in [7, 11) is 0. The molecule has 0 bridgehead atoms. The predicted octanol–water partition coefficient (Wildman–Crippen LogP) is 2.75. The number of hydrogen-bond donors (Lipinski definition) is 1. The minimum absolute atomic E-state index is 0.171. The summed E-state index contributed by atoms with van der Waals surface area (Å²) in [5.74, 6) is 0. The third-order valence-corrected chi connectivity index (χ3v) is 6.95. The molecule has 3 aliphatic rings. The highest BCUT2D eigenvalue weighted by atomic mass is 15.3. The van der Waals surface area contributed by atoms with Gasteiger partial charge in [-0.05, 0) is 43.4 Å². The zero-order valence-electron chi connectivity index (χ0n) is 15.2. The number of aromatic nitrogens is 2. The lowest BCUT2D eigenvalue weighted by atomic mass is 9.78. The molecular weight excluding hydrogens is 308 g/mol. The monoisotopic (exact) mass is 336 g/mol. The minimum atomic E-state index is 0.171. The van der Waals surface area contributed by atoms with Crippen LogP contribution in [0, 0.1) is 0 Å². The molecule has 5 rings (SSSR count). The largest absolute Gasteiger partial charge is 0.348 e. The summed E-state index contributed by atoms with van der Waals surface area (Å²) in [5, 5.41) is 0. The van der Waals surface area contributed by atoms with Crippen molar-refractivity contribution in [3.63, 3.8) is 0 Å². The van der Waals surface area contributed by atoms with Gasteiger partial charge in [0, 0.05) is 37.8 Å². The normalized spacial score (nSPS) is 23.7. The molecule has 0 unspecified atom stereocenters. The van der Waals surface area contributed by atoms with Gasteiger partial charge in [0.15, 0.2) is 0 Å². The van der Waals surface area contributed by atoms with E-state index in [9.17, 15) is 0 Å². The first-order valence-electron chi connectivity index (χ1n) is 9.89. The van der Waals surface area contributed by atoms with Gasteiger partial charge in [-0.1, -0.05) is 31.2 Å². The molecule has 1 fully saturated rings. The number of nitrogens with zero attached hydrogens (tertiary/aromatic N) is 3. The number of likely N-dealkylation sites (tertiary alicyclic amines) is 1. The van der Waals surface area contributed by atoms with Crippen molar-refractivity contribution in [1.82, 2.24) is 19.8 Å². The number of piperidine rings is 1. The molecule has 1 saturated heterocycles. The molecule has 1 spiro atoms. The van der Waals surface area contributed by atoms with Crippen LogP contribution < -0.4 is 0 Å². The van der Waals surface area contributed by atoms with Crippen LogP contribution in [0.3, 0.4) is 0 Å². The molecule has 1 aromatic carbocycles. The van der Waals surface area contributed by atoms with E-state index in [4.69, 9.17) is 4.98 Å². The van der Waals surface area contributed by atoms with Crippen molar-refractivity contribution >= 4 is 0 Å². The van der Waals surface area contributed by atoms with E-state index >= 15 is 0 Å². The highest BCUT2D eigenvalue weighted by molar-refractivity contribution is 5.34. The van der Waals surface area contributed by atoms with Crippen molar-refractivity contribution < 1.29 is 0 Å². The zero-order chi connectivity index (χ0) is 16.9. The van der Waals surface area contributed by atoms with E-state index < -0.39 is 0 Å². The van der Waals surface area contributed by atoms with Gasteiger partial charge in [-0.25, -0.2) is 4.98 Å². The Hall–Kier alpha value is -1.65. The number of aromatic amines is 1. The van der Waals surface area contributed by atoms with E-state index in [0.717, 1.165) is 13.0 Å². The Labute approximate surface area is 150 Å². The van der Waals surface area contributed by atoms with E-state index in [0.29, 0.717) is 6.04 Å². The fraction of sp³-hybridized carbons (Fsp3) is 0.571. The number of imidazole rings is 1. The number of benzene rings is 1. The van der Waals surface area contributed by atoms with Crippen LogP contribution in [0.2, 0.25) is 0 Å². The van der Waals surface area contributed by atoms with E-state index in [-0.39, 0.29) is 5.54 Å². The number of likely N-dealkylation sites (N-methyl/N-ethyl adjacent to an activating group) is 1. The van der Waals surface area contributed by atoms with Gasteiger partial charge in [0.1, 0.15) is 0 Å². The number of hydrogen-bond acceptors (Lipinski definition) is 3. The second-order valence-electron chi connectivity index (χ2n) is 7.96. The van der Waals surface area contributed by atoms with E-state index in [1.54, 1.807) is 11.1 Å². The molecule has 25 heavy (non-hydrogen) atoms. The molecule has 1 N–H and O–H groups in total. The molecule has 2 aliphatic heterocycles. The molecule has 4 nitrogen and oxygen atoms in total. The summed E-state index contributed by atoms with van der Waals surface area (Å²) in [6.07, 6.45) is 7.91. The van der Waals surface area contributed by atoms with Crippen molar-refractivity contribution in [3.05, 3.63) is 53.1 Å². The Balaban J connectivity index is 1.35. The highest BCUT2D eigenvalue weighted by Crippen LogP contribution is 2.43. The molecule has 0 atom stereocenters. The maximum Gasteiger partial charge on any atom is 0.0926 e. The first kappa shape index (κ1) is 15.6. The van der Waals surface area contributed by atoms with E-state index in [2.05, 4.69) is 46.0 Å². The van der Waals surface area contributed by atoms with Gasteiger partial charge in [0.2, 0.25) is 0 Å². The topological polar surface area (TPSA) is 35.2 Å². The van der Waals surface area contributed by atoms with Gasteiger partial charge in [0.05, 0.1) is 17.6 Å². The lowest BCUT2D eigenvalue weighted by Crippen LogP contribution is -2.57. The average Bonchev–Trinajstić information content (AvgIpc) is 3.30. The molecule has 0 saturated carbocycles. The number of rotatable bonds is 2. The fourth-order valence-corrected chi connectivity index (χ4v) is 5.59. The predicted molar refractivity (Wildman–Crippen MR) is 99.7 cm³/mol. The summed E-state index contributed by atoms with van der Waals surface area (Å²) >= 11 is 0. The zero-order valence-corrected chi connectivity index (χ0v) is 15.2. The van der Waals surface area contributed by atoms with Gasteiger partial charge in [-0.3, -0.25) is 9.80 Å². The Morgan fingerprint density at radius 2 is 1.84 bits per heavy atom. The summed E-state index contributed by atoms with van der Waals surface area (Å²) in [6.45, 7) is 6.99. The summed E-state index contributed by atoms with van der Waals surface area (Å²) in [6, 6.07) is 9.71. The lowest BCUT2D eigenvalue weighted by Gasteiger charge is -2.51. The number of nitrogens with one attached hydrogen (secondary N) is 1. The second-order valence-corrected chi connectivity index (χ2v) is 7.96. The van der Waals surface area contributed by atoms with Crippen molar-refractivity contribution in [2.75, 3.05) is 26.2 Å². The fourth-order valence-electron chi connectivity index (χ4n) is 5.59. The van der Waals surface area contributed by atoms with Crippen LogP contribution >= 0.6 is 0 Å². The van der Waals surface area contributed by atoms with Crippen LogP contribution in [0.1, 0.15) is 42.3 Å². The minimum Gasteiger partial charge on any atom is -0.348 e. The second kappa shape index (κ2) is 5.96. The van der Waals surface area contributed by atoms with E-state index in [1.807, 2.05) is 6.33 Å². The molecule has 2 aromatic rings. The van der Waals surface area contributed by atoms with Crippen LogP contribution in [-0.4, -0.2) is 52.0 Å². The quantitative estimate of drug-likeness (QED) is 0.916. The highest BCUT2D eigenvalue weighted by Gasteiger charge is 2.46. The molecule has 1 aromatic heterocycles. The maximum absolute atomic E-state index is 4.77. The van der Waals surface area contributed by atoms with Gasteiger partial charge in [-0.15, -0.1) is 0 Å². The van der Waals surface area contributed by atoms with Gasteiger partial charge in [-0.2, -0.15) is 0 Å². The smallest absolute Gasteiger partial charge is 0.0926 e. The van der Waals surface area contributed by atoms with Crippen molar-refractivity contribution in [3.8, 4) is 0 Å². The Bertz CT molecular complexity index is 732. The summed E-state index contributed by atoms with van der Waals surface area (Å²) in [4.78, 5) is 13.6. The van der Waals surface area contributed by atoms with Crippen LogP contribution in [0.5, 0.6) is 0 Å². The summed E-state index contributed by atoms with van der Waals surface area (Å²) < 4.78 is 0. The molecular formula is C21H28N4. The first-order chi connectivity index (χ1) is 12.3. The molecule has 4 heteroatoms. The standard InChI is InChI=1S/C21H28N4/c1-2-25-10-7-19-20(23-15-22-19)21(25)8-11-24(12-9-21)18-13-16-5-3-4-6-17(16)14-18/h3-6,15,18H,2,7-14H2,1H3,(H,22,23). The molecule has 1 aliphatic carbocycles. The Morgan fingerprint density at radius 3 is 2.52 bits per heavy atom. The Kier molecular flexibility index (Phi) is 3.72. The number of fused-ring (bicyclic) bond motifs is 3. The van der Waals surface area contributed by atoms with Gasteiger partial charge in [0.25, 0.3) is 0 Å². The Morgan fingerprint density at radius 1 is 1.12 bits per heavy atom. The van der Waals surface area contributed by atoms with Crippen molar-refractivity contribution in [2.24, 2.45) is 0 Å². The third-order valence-electron chi connectivity index (χ3n) is 6.95. The number of H-pyrrole nitrogens is 1. The van der Waals surface area contributed by atoms with Crippen LogP contribution in [-0.2, 0) is 24.8 Å². The first-order valence-corrected chi connectivity index (χ1v) is 9.89. The van der Waals surface area contributed by atoms with Crippen molar-refractivity contribution in [2.45, 2.75) is 50.6 Å². The SMILES string of the molecule is CCN1CCc2[nH]cnc2C12CCN(C1Cc3ccccc3C1)CC2. The average molecular weight is 336 g/mol. The molecule has 0 radical (unpaired) electrons. The van der Waals surface area contributed by atoms with Crippen molar-refractivity contribution in [1.29, 1.82) is 0 Å². The van der Waals surface area contributed by atoms with E-state index in [1.165, 1.54) is 56.7 Å². The molecule has 0 amide bonds. The third kappa shape index (κ3) is 2.38. The van der Waals surface area contributed by atoms with Crippen LogP contribution in [0.15, 0.2) is 30.6 Å². The van der Waals surface area contributed by atoms with Gasteiger partial charge >= 0.3 is 0 Å². The molecule has 132 valence electrons. The van der Waals surface area contributed by atoms with Gasteiger partial charge < -0.3 is 4.98 Å². The molecule has 3 heterocycles. The maximum atomic E-state index is 4.77. The lowest BCUT2D eigenvalue weighted by molar-refractivity contribution is -0.00167.